The van der Waals surface area contributed by atoms with Crippen molar-refractivity contribution >= 4 is 5.91 Å². The maximum absolute atomic E-state index is 11.9. The molecule has 2 fully saturated rings. The minimum absolute atomic E-state index is 0.230. The molecule has 0 bridgehead atoms. The van der Waals surface area contributed by atoms with Crippen LogP contribution >= 0.6 is 0 Å². The van der Waals surface area contributed by atoms with E-state index in [1.807, 2.05) is 4.90 Å². The number of hydrogen-bond acceptors (Lipinski definition) is 2. The summed E-state index contributed by atoms with van der Waals surface area (Å²) in [6.07, 6.45) is 3.26. The summed E-state index contributed by atoms with van der Waals surface area (Å²) in [7, 11) is 0. The summed E-state index contributed by atoms with van der Waals surface area (Å²) >= 11 is 0. The van der Waals surface area contributed by atoms with Crippen molar-refractivity contribution in [2.75, 3.05) is 13.1 Å². The maximum atomic E-state index is 11.9. The molecule has 0 radical (unpaired) electrons. The molecular formula is C10H18N2O. The molecule has 1 amide bonds. The number of amides is 1. The Hall–Kier alpha value is -0.570. The Balaban J connectivity index is 1.90. The van der Waals surface area contributed by atoms with Crippen LogP contribution in [0.15, 0.2) is 0 Å². The topological polar surface area (TPSA) is 46.3 Å². The second-order valence-electron chi connectivity index (χ2n) is 4.40. The van der Waals surface area contributed by atoms with Gasteiger partial charge in [-0.15, -0.1) is 0 Å². The molecule has 2 rings (SSSR count). The summed E-state index contributed by atoms with van der Waals surface area (Å²) in [4.78, 5) is 13.9. The third-order valence-corrected chi connectivity index (χ3v) is 3.57. The summed E-state index contributed by atoms with van der Waals surface area (Å²) in [5.41, 5.74) is 5.78. The van der Waals surface area contributed by atoms with Gasteiger partial charge in [0.1, 0.15) is 0 Å². The lowest BCUT2D eigenvalue weighted by molar-refractivity contribution is -0.140. The van der Waals surface area contributed by atoms with Gasteiger partial charge < -0.3 is 10.6 Å². The highest BCUT2D eigenvalue weighted by atomic mass is 16.2. The van der Waals surface area contributed by atoms with E-state index in [0.29, 0.717) is 11.8 Å². The Morgan fingerprint density at radius 2 is 2.00 bits per heavy atom. The molecule has 13 heavy (non-hydrogen) atoms. The SMILES string of the molecule is C[C@@H]1[C@H](N)C[C@@H]1C(=O)N1CCCC1. The number of nitrogens with two attached hydrogens (primary N) is 1. The average molecular weight is 182 g/mol. The number of carbonyl (C=O) groups is 1. The minimum Gasteiger partial charge on any atom is -0.342 e. The third-order valence-electron chi connectivity index (χ3n) is 3.57. The number of nitrogens with zero attached hydrogens (tertiary/aromatic N) is 1. The lowest BCUT2D eigenvalue weighted by atomic mass is 9.70. The summed E-state index contributed by atoms with van der Waals surface area (Å²) in [6, 6.07) is 0.261. The van der Waals surface area contributed by atoms with Gasteiger partial charge in [-0.25, -0.2) is 0 Å². The molecular weight excluding hydrogens is 164 g/mol. The van der Waals surface area contributed by atoms with Crippen molar-refractivity contribution in [1.29, 1.82) is 0 Å². The normalized spacial score (nSPS) is 38.9. The van der Waals surface area contributed by atoms with Crippen molar-refractivity contribution < 1.29 is 4.79 Å². The Labute approximate surface area is 79.3 Å². The van der Waals surface area contributed by atoms with E-state index in [1.54, 1.807) is 0 Å². The van der Waals surface area contributed by atoms with Gasteiger partial charge in [0.15, 0.2) is 0 Å². The van der Waals surface area contributed by atoms with Gasteiger partial charge in [-0.2, -0.15) is 0 Å². The van der Waals surface area contributed by atoms with Crippen LogP contribution in [0, 0.1) is 11.8 Å². The largest absolute Gasteiger partial charge is 0.342 e. The molecule has 0 aromatic heterocycles. The van der Waals surface area contributed by atoms with Gasteiger partial charge in [0, 0.05) is 25.0 Å². The van der Waals surface area contributed by atoms with Gasteiger partial charge in [0.25, 0.3) is 0 Å². The highest BCUT2D eigenvalue weighted by Crippen LogP contribution is 2.34. The zero-order valence-electron chi connectivity index (χ0n) is 8.20. The highest BCUT2D eigenvalue weighted by Gasteiger charge is 2.42. The molecule has 1 aliphatic heterocycles. The first kappa shape index (κ1) is 9.00. The summed E-state index contributed by atoms with van der Waals surface area (Å²) in [5.74, 6) is 0.980. The van der Waals surface area contributed by atoms with Crippen molar-refractivity contribution in [2.45, 2.75) is 32.2 Å². The van der Waals surface area contributed by atoms with Crippen molar-refractivity contribution in [3.63, 3.8) is 0 Å². The van der Waals surface area contributed by atoms with E-state index in [9.17, 15) is 4.79 Å². The fourth-order valence-electron chi connectivity index (χ4n) is 2.32. The molecule has 0 unspecified atom stereocenters. The van der Waals surface area contributed by atoms with Gasteiger partial charge in [0.2, 0.25) is 5.91 Å². The van der Waals surface area contributed by atoms with E-state index in [-0.39, 0.29) is 12.0 Å². The van der Waals surface area contributed by atoms with Crippen LogP contribution in [0.1, 0.15) is 26.2 Å². The van der Waals surface area contributed by atoms with Crippen LogP contribution in [-0.4, -0.2) is 29.9 Å². The highest BCUT2D eigenvalue weighted by molar-refractivity contribution is 5.80. The van der Waals surface area contributed by atoms with E-state index in [0.717, 1.165) is 19.5 Å². The third kappa shape index (κ3) is 1.46. The molecule has 2 N–H and O–H groups in total. The molecule has 0 aromatic rings. The Kier molecular flexibility index (Phi) is 2.28. The van der Waals surface area contributed by atoms with Crippen molar-refractivity contribution in [3.8, 4) is 0 Å². The van der Waals surface area contributed by atoms with E-state index >= 15 is 0 Å². The fourth-order valence-corrected chi connectivity index (χ4v) is 2.32. The molecule has 2 aliphatic rings. The molecule has 1 heterocycles. The monoisotopic (exact) mass is 182 g/mol. The predicted molar refractivity (Wildman–Crippen MR) is 51.1 cm³/mol. The molecule has 3 nitrogen and oxygen atoms in total. The molecule has 3 atom stereocenters. The van der Waals surface area contributed by atoms with Crippen LogP contribution in [0.2, 0.25) is 0 Å². The maximum Gasteiger partial charge on any atom is 0.226 e. The molecule has 1 aliphatic carbocycles. The van der Waals surface area contributed by atoms with Crippen molar-refractivity contribution in [1.82, 2.24) is 4.90 Å². The lowest BCUT2D eigenvalue weighted by Gasteiger charge is -2.41. The fraction of sp³-hybridized carbons (Fsp3) is 0.900. The summed E-state index contributed by atoms with van der Waals surface area (Å²) in [5, 5.41) is 0. The van der Waals surface area contributed by atoms with Crippen LogP contribution in [0.5, 0.6) is 0 Å². The first-order valence-electron chi connectivity index (χ1n) is 5.24. The van der Waals surface area contributed by atoms with Gasteiger partial charge in [-0.1, -0.05) is 6.92 Å². The Morgan fingerprint density at radius 3 is 2.46 bits per heavy atom. The molecule has 0 aromatic carbocycles. The van der Waals surface area contributed by atoms with E-state index in [4.69, 9.17) is 5.73 Å². The zero-order chi connectivity index (χ0) is 9.42. The van der Waals surface area contributed by atoms with Crippen LogP contribution in [0.3, 0.4) is 0 Å². The number of rotatable bonds is 1. The summed E-state index contributed by atoms with van der Waals surface area (Å²) < 4.78 is 0. The Morgan fingerprint density at radius 1 is 1.38 bits per heavy atom. The number of hydrogen-bond donors (Lipinski definition) is 1. The predicted octanol–water partition coefficient (Wildman–Crippen LogP) is 0.592. The molecule has 0 spiro atoms. The van der Waals surface area contributed by atoms with Gasteiger partial charge in [0.05, 0.1) is 0 Å². The van der Waals surface area contributed by atoms with E-state index in [1.165, 1.54) is 12.8 Å². The molecule has 3 heteroatoms. The first-order chi connectivity index (χ1) is 6.20. The van der Waals surface area contributed by atoms with Gasteiger partial charge in [-0.05, 0) is 25.2 Å². The van der Waals surface area contributed by atoms with E-state index < -0.39 is 0 Å². The Bertz CT molecular complexity index is 211. The second-order valence-corrected chi connectivity index (χ2v) is 4.40. The smallest absolute Gasteiger partial charge is 0.226 e. The standard InChI is InChI=1S/C10H18N2O/c1-7-8(6-9(7)11)10(13)12-4-2-3-5-12/h7-9H,2-6,11H2,1H3/t7-,8-,9+/m0/s1. The van der Waals surface area contributed by atoms with Crippen LogP contribution in [0.4, 0.5) is 0 Å². The number of carbonyl (C=O) groups excluding carboxylic acids is 1. The van der Waals surface area contributed by atoms with Crippen LogP contribution in [0.25, 0.3) is 0 Å². The van der Waals surface area contributed by atoms with Gasteiger partial charge >= 0.3 is 0 Å². The first-order valence-corrected chi connectivity index (χ1v) is 5.24. The quantitative estimate of drug-likeness (QED) is 0.645. The lowest BCUT2D eigenvalue weighted by Crippen LogP contribution is -2.52. The van der Waals surface area contributed by atoms with E-state index in [2.05, 4.69) is 6.92 Å². The average Bonchev–Trinajstić information content (AvgIpc) is 2.65. The number of likely N-dealkylation sites (tertiary alicyclic amines) is 1. The van der Waals surface area contributed by atoms with Gasteiger partial charge in [-0.3, -0.25) is 4.79 Å². The van der Waals surface area contributed by atoms with Crippen molar-refractivity contribution in [2.24, 2.45) is 17.6 Å². The molecule has 1 saturated heterocycles. The zero-order valence-corrected chi connectivity index (χ0v) is 8.20. The second kappa shape index (κ2) is 3.29. The van der Waals surface area contributed by atoms with Crippen LogP contribution < -0.4 is 5.73 Å². The van der Waals surface area contributed by atoms with Crippen molar-refractivity contribution in [3.05, 3.63) is 0 Å². The summed E-state index contributed by atoms with van der Waals surface area (Å²) in [6.45, 7) is 4.03. The minimum atomic E-state index is 0.230. The molecule has 74 valence electrons. The van der Waals surface area contributed by atoms with Crippen LogP contribution in [-0.2, 0) is 4.79 Å². The molecule has 1 saturated carbocycles.